The zero-order valence-electron chi connectivity index (χ0n) is 18.0. The van der Waals surface area contributed by atoms with E-state index >= 15 is 0 Å². The van der Waals surface area contributed by atoms with Crippen LogP contribution in [0.5, 0.6) is 5.75 Å². The predicted molar refractivity (Wildman–Crippen MR) is 123 cm³/mol. The van der Waals surface area contributed by atoms with Gasteiger partial charge in [0.25, 0.3) is 15.9 Å². The van der Waals surface area contributed by atoms with Crippen molar-refractivity contribution < 1.29 is 17.9 Å². The van der Waals surface area contributed by atoms with E-state index in [1.807, 2.05) is 45.0 Å². The number of carbonyl (C=O) groups excluding carboxylic acids is 1. The van der Waals surface area contributed by atoms with Crippen LogP contribution in [0.2, 0.25) is 0 Å². The highest BCUT2D eigenvalue weighted by Gasteiger charge is 2.17. The maximum absolute atomic E-state index is 12.6. The minimum absolute atomic E-state index is 0.103. The zero-order valence-corrected chi connectivity index (χ0v) is 18.8. The summed E-state index contributed by atoms with van der Waals surface area (Å²) < 4.78 is 33.5. The second kappa shape index (κ2) is 9.22. The third kappa shape index (κ3) is 6.08. The number of ether oxygens (including phenoxy) is 1. The van der Waals surface area contributed by atoms with E-state index in [2.05, 4.69) is 10.0 Å². The van der Waals surface area contributed by atoms with Crippen LogP contribution in [0, 0.1) is 20.8 Å². The smallest absolute Gasteiger partial charge is 0.265 e. The molecule has 0 saturated carbocycles. The van der Waals surface area contributed by atoms with E-state index in [-0.39, 0.29) is 10.8 Å². The highest BCUT2D eigenvalue weighted by molar-refractivity contribution is 7.92. The second-order valence-electron chi connectivity index (χ2n) is 7.57. The molecule has 0 fully saturated rings. The molecule has 0 aliphatic carbocycles. The molecule has 0 bridgehead atoms. The standard InChI is InChI=1S/C24H26N2O4S/c1-16-6-5-7-21(13-16)26-31(28,29)23-10-8-20(9-11-23)25-24(27)19(4)30-22-14-17(2)12-18(3)15-22/h5-15,19,26H,1-4H3,(H,25,27)/t19-/m1/s1. The molecule has 0 aromatic heterocycles. The summed E-state index contributed by atoms with van der Waals surface area (Å²) in [5, 5.41) is 2.75. The van der Waals surface area contributed by atoms with Crippen molar-refractivity contribution in [3.8, 4) is 5.75 Å². The van der Waals surface area contributed by atoms with Crippen LogP contribution in [0.1, 0.15) is 23.6 Å². The number of hydrogen-bond acceptors (Lipinski definition) is 4. The van der Waals surface area contributed by atoms with Gasteiger partial charge in [0.05, 0.1) is 4.90 Å². The summed E-state index contributed by atoms with van der Waals surface area (Å²) in [6.07, 6.45) is -0.715. The molecule has 6 nitrogen and oxygen atoms in total. The van der Waals surface area contributed by atoms with Gasteiger partial charge >= 0.3 is 0 Å². The van der Waals surface area contributed by atoms with E-state index in [4.69, 9.17) is 4.74 Å². The molecule has 2 N–H and O–H groups in total. The third-order valence-corrected chi connectivity index (χ3v) is 5.98. The van der Waals surface area contributed by atoms with Gasteiger partial charge in [-0.2, -0.15) is 0 Å². The van der Waals surface area contributed by atoms with Crippen molar-refractivity contribution in [3.05, 3.63) is 83.4 Å². The van der Waals surface area contributed by atoms with Crippen LogP contribution in [0.3, 0.4) is 0 Å². The van der Waals surface area contributed by atoms with Crippen LogP contribution in [-0.2, 0) is 14.8 Å². The summed E-state index contributed by atoms with van der Waals surface area (Å²) in [6, 6.07) is 18.9. The second-order valence-corrected chi connectivity index (χ2v) is 9.25. The van der Waals surface area contributed by atoms with E-state index in [1.165, 1.54) is 12.1 Å². The van der Waals surface area contributed by atoms with Gasteiger partial charge in [0, 0.05) is 11.4 Å². The van der Waals surface area contributed by atoms with Gasteiger partial charge in [0.15, 0.2) is 6.10 Å². The highest BCUT2D eigenvalue weighted by atomic mass is 32.2. The van der Waals surface area contributed by atoms with Crippen molar-refractivity contribution in [2.75, 3.05) is 10.0 Å². The van der Waals surface area contributed by atoms with Crippen LogP contribution in [-0.4, -0.2) is 20.4 Å². The minimum Gasteiger partial charge on any atom is -0.481 e. The maximum Gasteiger partial charge on any atom is 0.265 e. The summed E-state index contributed by atoms with van der Waals surface area (Å²) >= 11 is 0. The molecule has 0 unspecified atom stereocenters. The molecule has 3 aromatic rings. The minimum atomic E-state index is -3.73. The van der Waals surface area contributed by atoms with E-state index in [0.717, 1.165) is 16.7 Å². The third-order valence-electron chi connectivity index (χ3n) is 4.58. The van der Waals surface area contributed by atoms with E-state index < -0.39 is 16.1 Å². The van der Waals surface area contributed by atoms with Crippen molar-refractivity contribution in [2.45, 2.75) is 38.7 Å². The van der Waals surface area contributed by atoms with Gasteiger partial charge in [-0.3, -0.25) is 9.52 Å². The Morgan fingerprint density at radius 2 is 1.48 bits per heavy atom. The monoisotopic (exact) mass is 438 g/mol. The SMILES string of the molecule is Cc1cccc(NS(=O)(=O)c2ccc(NC(=O)[C@@H](C)Oc3cc(C)cc(C)c3)cc2)c1. The fourth-order valence-electron chi connectivity index (χ4n) is 3.14. The first-order chi connectivity index (χ1) is 14.6. The maximum atomic E-state index is 12.6. The van der Waals surface area contributed by atoms with Crippen molar-refractivity contribution in [1.82, 2.24) is 0 Å². The first kappa shape index (κ1) is 22.4. The number of anilines is 2. The van der Waals surface area contributed by atoms with Crippen molar-refractivity contribution in [2.24, 2.45) is 0 Å². The number of sulfonamides is 1. The molecule has 0 saturated heterocycles. The lowest BCUT2D eigenvalue weighted by Gasteiger charge is -2.16. The Morgan fingerprint density at radius 3 is 2.10 bits per heavy atom. The number of nitrogens with one attached hydrogen (secondary N) is 2. The number of benzene rings is 3. The van der Waals surface area contributed by atoms with E-state index in [0.29, 0.717) is 17.1 Å². The van der Waals surface area contributed by atoms with Crippen molar-refractivity contribution in [3.63, 3.8) is 0 Å². The highest BCUT2D eigenvalue weighted by Crippen LogP contribution is 2.20. The number of carbonyl (C=O) groups is 1. The Hall–Kier alpha value is -3.32. The van der Waals surface area contributed by atoms with Gasteiger partial charge in [-0.1, -0.05) is 18.2 Å². The van der Waals surface area contributed by atoms with Gasteiger partial charge < -0.3 is 10.1 Å². The fraction of sp³-hybridized carbons (Fsp3) is 0.208. The molecular weight excluding hydrogens is 412 g/mol. The van der Waals surface area contributed by atoms with E-state index in [1.54, 1.807) is 37.3 Å². The summed E-state index contributed by atoms with van der Waals surface area (Å²) in [6.45, 7) is 7.49. The zero-order chi connectivity index (χ0) is 22.6. The number of hydrogen-bond donors (Lipinski definition) is 2. The molecule has 1 amide bonds. The van der Waals surface area contributed by atoms with Crippen LogP contribution < -0.4 is 14.8 Å². The van der Waals surface area contributed by atoms with Gasteiger partial charge in [-0.15, -0.1) is 0 Å². The number of amides is 1. The molecule has 3 aromatic carbocycles. The summed E-state index contributed by atoms with van der Waals surface area (Å²) in [4.78, 5) is 12.6. The lowest BCUT2D eigenvalue weighted by Crippen LogP contribution is -2.30. The molecular formula is C24H26N2O4S. The van der Waals surface area contributed by atoms with Crippen LogP contribution in [0.25, 0.3) is 0 Å². The van der Waals surface area contributed by atoms with Crippen molar-refractivity contribution in [1.29, 1.82) is 0 Å². The van der Waals surface area contributed by atoms with Crippen molar-refractivity contribution >= 4 is 27.3 Å². The Balaban J connectivity index is 1.64. The average Bonchev–Trinajstić information content (AvgIpc) is 2.67. The molecule has 31 heavy (non-hydrogen) atoms. The van der Waals surface area contributed by atoms with Crippen LogP contribution in [0.15, 0.2) is 71.6 Å². The first-order valence-corrected chi connectivity index (χ1v) is 11.4. The number of aryl methyl sites for hydroxylation is 3. The Kier molecular flexibility index (Phi) is 6.65. The molecule has 1 atom stereocenters. The summed E-state index contributed by atoms with van der Waals surface area (Å²) in [7, 11) is -3.73. The van der Waals surface area contributed by atoms with Crippen LogP contribution >= 0.6 is 0 Å². The predicted octanol–water partition coefficient (Wildman–Crippen LogP) is 4.82. The van der Waals surface area contributed by atoms with Gasteiger partial charge in [0.2, 0.25) is 0 Å². The number of rotatable bonds is 7. The average molecular weight is 439 g/mol. The quantitative estimate of drug-likeness (QED) is 0.554. The topological polar surface area (TPSA) is 84.5 Å². The molecule has 162 valence electrons. The molecule has 0 aliphatic rings. The molecule has 7 heteroatoms. The lowest BCUT2D eigenvalue weighted by atomic mass is 10.1. The Labute approximate surface area is 183 Å². The Morgan fingerprint density at radius 1 is 0.839 bits per heavy atom. The van der Waals surface area contributed by atoms with Gasteiger partial charge in [-0.05, 0) is 92.9 Å². The Bertz CT molecular complexity index is 1170. The molecule has 0 aliphatic heterocycles. The summed E-state index contributed by atoms with van der Waals surface area (Å²) in [5.74, 6) is 0.302. The van der Waals surface area contributed by atoms with Crippen LogP contribution in [0.4, 0.5) is 11.4 Å². The first-order valence-electron chi connectivity index (χ1n) is 9.88. The van der Waals surface area contributed by atoms with E-state index in [9.17, 15) is 13.2 Å². The normalized spacial score (nSPS) is 12.1. The largest absolute Gasteiger partial charge is 0.481 e. The van der Waals surface area contributed by atoms with Gasteiger partial charge in [0.1, 0.15) is 5.75 Å². The summed E-state index contributed by atoms with van der Waals surface area (Å²) in [5.41, 5.74) is 4.04. The molecule has 0 radical (unpaired) electrons. The lowest BCUT2D eigenvalue weighted by molar-refractivity contribution is -0.122. The molecule has 3 rings (SSSR count). The molecule has 0 heterocycles. The fourth-order valence-corrected chi connectivity index (χ4v) is 4.19. The van der Waals surface area contributed by atoms with Gasteiger partial charge in [-0.25, -0.2) is 8.42 Å². The molecule has 0 spiro atoms.